The first-order chi connectivity index (χ1) is 6.26. The summed E-state index contributed by atoms with van der Waals surface area (Å²) in [6.07, 6.45) is 3.06. The molecule has 0 aliphatic carbocycles. The second kappa shape index (κ2) is 4.95. The first kappa shape index (κ1) is 10.2. The monoisotopic (exact) mass is 294 g/mol. The van der Waals surface area contributed by atoms with E-state index in [2.05, 4.69) is 13.0 Å². The van der Waals surface area contributed by atoms with Crippen molar-refractivity contribution in [3.63, 3.8) is 0 Å². The van der Waals surface area contributed by atoms with Crippen LogP contribution in [0.2, 0.25) is 0 Å². The Hall–Kier alpha value is -0.920. The van der Waals surface area contributed by atoms with Crippen LogP contribution in [0.4, 0.5) is 0 Å². The molecule has 1 aromatic heterocycles. The van der Waals surface area contributed by atoms with Crippen LogP contribution in [-0.4, -0.2) is 23.0 Å². The number of methoxy groups -OCH3 is 1. The van der Waals surface area contributed by atoms with Crippen LogP contribution in [0.1, 0.15) is 5.69 Å². The largest absolute Gasteiger partial charge is 0.480 e. The molecular weight excluding hydrogens is 287 g/mol. The number of hydrogen-bond donors (Lipinski definition) is 0. The minimum atomic E-state index is -0.347. The summed E-state index contributed by atoms with van der Waals surface area (Å²) >= 11 is 1.53. The van der Waals surface area contributed by atoms with Gasteiger partial charge in [-0.3, -0.25) is 9.78 Å². The molecule has 0 unspecified atom stereocenters. The fourth-order valence-electron chi connectivity index (χ4n) is 0.715. The number of aromatic nitrogens is 2. The number of nitrogens with zero attached hydrogens (tertiary/aromatic N) is 2. The van der Waals surface area contributed by atoms with E-state index in [0.29, 0.717) is 11.6 Å². The number of hydrogen-bond acceptors (Lipinski definition) is 5. The third-order valence-corrected chi connectivity index (χ3v) is 1.79. The summed E-state index contributed by atoms with van der Waals surface area (Å²) in [6.45, 7) is 0. The molecule has 0 fully saturated rings. The van der Waals surface area contributed by atoms with Gasteiger partial charge >= 0.3 is 5.97 Å². The van der Waals surface area contributed by atoms with Crippen molar-refractivity contribution in [1.82, 2.24) is 9.97 Å². The van der Waals surface area contributed by atoms with Gasteiger partial charge in [-0.1, -0.05) is 0 Å². The summed E-state index contributed by atoms with van der Waals surface area (Å²) in [5.74, 6) is 0.0756. The zero-order valence-electron chi connectivity index (χ0n) is 6.86. The first-order valence-corrected chi connectivity index (χ1v) is 4.30. The first-order valence-electron chi connectivity index (χ1n) is 3.42. The lowest BCUT2D eigenvalue weighted by molar-refractivity contribution is -0.130. The van der Waals surface area contributed by atoms with E-state index in [9.17, 15) is 4.79 Å². The van der Waals surface area contributed by atoms with Gasteiger partial charge in [0.05, 0.1) is 31.6 Å². The van der Waals surface area contributed by atoms with Crippen LogP contribution < -0.4 is 4.74 Å². The summed E-state index contributed by atoms with van der Waals surface area (Å²) in [5.41, 5.74) is 0.558. The van der Waals surface area contributed by atoms with Crippen molar-refractivity contribution < 1.29 is 12.6 Å². The molecule has 0 aliphatic rings. The molecule has 0 N–H and O–H groups in total. The van der Waals surface area contributed by atoms with Crippen LogP contribution in [0.3, 0.4) is 0 Å². The Labute approximate surface area is 89.2 Å². The lowest BCUT2D eigenvalue weighted by Gasteiger charge is -1.99. The number of halogens is 1. The van der Waals surface area contributed by atoms with Crippen LogP contribution in [0, 0.1) is 0 Å². The molecule has 70 valence electrons. The topological polar surface area (TPSA) is 61.3 Å². The van der Waals surface area contributed by atoms with Gasteiger partial charge in [-0.05, 0) is 0 Å². The quantitative estimate of drug-likeness (QED) is 0.776. The third-order valence-electron chi connectivity index (χ3n) is 1.30. The molecule has 1 aromatic rings. The zero-order valence-corrected chi connectivity index (χ0v) is 9.02. The second-order valence-corrected chi connectivity index (χ2v) is 2.62. The van der Waals surface area contributed by atoms with Crippen LogP contribution >= 0.6 is 23.0 Å². The van der Waals surface area contributed by atoms with Crippen LogP contribution in [0.5, 0.6) is 5.88 Å². The molecule has 0 aliphatic heterocycles. The lowest BCUT2D eigenvalue weighted by Crippen LogP contribution is -2.04. The molecule has 1 rings (SSSR count). The van der Waals surface area contributed by atoms with Gasteiger partial charge in [-0.15, -0.1) is 0 Å². The Balaban J connectivity index is 2.64. The Bertz CT molecular complexity index is 288. The van der Waals surface area contributed by atoms with Crippen molar-refractivity contribution in [2.45, 2.75) is 6.42 Å². The molecular formula is C7H7IN2O3. The SMILES string of the molecule is COc1cnc(CC(=O)OI)cn1. The average Bonchev–Trinajstić information content (AvgIpc) is 2.19. The van der Waals surface area contributed by atoms with Gasteiger partial charge in [0.1, 0.15) is 0 Å². The summed E-state index contributed by atoms with van der Waals surface area (Å²) in [5, 5.41) is 0. The molecule has 0 atom stereocenters. The Morgan fingerprint density at radius 1 is 1.54 bits per heavy atom. The molecule has 0 amide bonds. The zero-order chi connectivity index (χ0) is 9.68. The molecule has 13 heavy (non-hydrogen) atoms. The summed E-state index contributed by atoms with van der Waals surface area (Å²) in [4.78, 5) is 18.6. The van der Waals surface area contributed by atoms with Crippen LogP contribution in [-0.2, 0) is 14.3 Å². The molecule has 0 radical (unpaired) electrons. The predicted molar refractivity (Wildman–Crippen MR) is 52.4 cm³/mol. The highest BCUT2D eigenvalue weighted by Gasteiger charge is 2.05. The minimum Gasteiger partial charge on any atom is -0.480 e. The molecule has 0 spiro atoms. The highest BCUT2D eigenvalue weighted by atomic mass is 127. The maximum Gasteiger partial charge on any atom is 0.321 e. The Kier molecular flexibility index (Phi) is 3.87. The Morgan fingerprint density at radius 3 is 2.77 bits per heavy atom. The smallest absolute Gasteiger partial charge is 0.321 e. The van der Waals surface area contributed by atoms with Gasteiger partial charge in [0.2, 0.25) is 5.88 Å². The van der Waals surface area contributed by atoms with Gasteiger partial charge in [-0.2, -0.15) is 0 Å². The lowest BCUT2D eigenvalue weighted by atomic mass is 10.3. The van der Waals surface area contributed by atoms with E-state index < -0.39 is 0 Å². The van der Waals surface area contributed by atoms with Gasteiger partial charge in [0.15, 0.2) is 23.0 Å². The third kappa shape index (κ3) is 3.13. The van der Waals surface area contributed by atoms with Crippen LogP contribution in [0.15, 0.2) is 12.4 Å². The van der Waals surface area contributed by atoms with Crippen molar-refractivity contribution in [1.29, 1.82) is 0 Å². The van der Waals surface area contributed by atoms with E-state index in [4.69, 9.17) is 4.74 Å². The fraction of sp³-hybridized carbons (Fsp3) is 0.286. The highest BCUT2D eigenvalue weighted by Crippen LogP contribution is 2.04. The second-order valence-electron chi connectivity index (χ2n) is 2.18. The van der Waals surface area contributed by atoms with Gasteiger partial charge in [0.25, 0.3) is 0 Å². The normalized spacial score (nSPS) is 9.38. The van der Waals surface area contributed by atoms with E-state index in [1.165, 1.54) is 42.5 Å². The Morgan fingerprint density at radius 2 is 2.31 bits per heavy atom. The van der Waals surface area contributed by atoms with Crippen molar-refractivity contribution in [2.24, 2.45) is 0 Å². The van der Waals surface area contributed by atoms with Gasteiger partial charge in [-0.25, -0.2) is 4.98 Å². The number of rotatable bonds is 3. The van der Waals surface area contributed by atoms with Crippen molar-refractivity contribution >= 4 is 29.0 Å². The highest BCUT2D eigenvalue weighted by molar-refractivity contribution is 14.1. The summed E-state index contributed by atoms with van der Waals surface area (Å²) in [6, 6.07) is 0. The molecule has 1 heterocycles. The van der Waals surface area contributed by atoms with E-state index in [1.807, 2.05) is 0 Å². The van der Waals surface area contributed by atoms with Gasteiger partial charge in [0, 0.05) is 0 Å². The van der Waals surface area contributed by atoms with E-state index in [0.717, 1.165) is 0 Å². The van der Waals surface area contributed by atoms with Gasteiger partial charge < -0.3 is 7.80 Å². The minimum absolute atomic E-state index is 0.125. The van der Waals surface area contributed by atoms with Crippen molar-refractivity contribution in [3.8, 4) is 5.88 Å². The van der Waals surface area contributed by atoms with Crippen molar-refractivity contribution in [2.75, 3.05) is 7.11 Å². The molecule has 0 bridgehead atoms. The summed E-state index contributed by atoms with van der Waals surface area (Å²) < 4.78 is 9.25. The van der Waals surface area contributed by atoms with Crippen molar-refractivity contribution in [3.05, 3.63) is 18.1 Å². The molecule has 5 nitrogen and oxygen atoms in total. The number of ether oxygens (including phenoxy) is 1. The number of carbonyl (C=O) groups is 1. The maximum atomic E-state index is 10.8. The molecule has 0 aromatic carbocycles. The van der Waals surface area contributed by atoms with Crippen LogP contribution in [0.25, 0.3) is 0 Å². The summed E-state index contributed by atoms with van der Waals surface area (Å²) in [7, 11) is 1.50. The standard InChI is InChI=1S/C7H7IN2O3/c1-12-6-4-9-5(3-10-6)2-7(11)13-8/h3-4H,2H2,1H3. The number of carbonyl (C=O) groups excluding carboxylic acids is 1. The van der Waals surface area contributed by atoms with E-state index >= 15 is 0 Å². The predicted octanol–water partition coefficient (Wildman–Crippen LogP) is 0.921. The average molecular weight is 294 g/mol. The fourth-order valence-corrected chi connectivity index (χ4v) is 0.870. The van der Waals surface area contributed by atoms with E-state index in [1.54, 1.807) is 0 Å². The molecule has 6 heteroatoms. The van der Waals surface area contributed by atoms with E-state index in [-0.39, 0.29) is 12.4 Å². The molecule has 0 saturated carbocycles. The molecule has 0 saturated heterocycles. The maximum absolute atomic E-state index is 10.8.